The highest BCUT2D eigenvalue weighted by atomic mass is 19.3. The highest BCUT2D eigenvalue weighted by Gasteiger charge is 2.16. The van der Waals surface area contributed by atoms with Crippen LogP contribution in [0.1, 0.15) is 29.9 Å². The summed E-state index contributed by atoms with van der Waals surface area (Å²) in [6.45, 7) is -0.540. The number of benzene rings is 2. The number of fused-ring (bicyclic) bond motifs is 2. The van der Waals surface area contributed by atoms with Crippen molar-refractivity contribution < 1.29 is 23.0 Å². The third-order valence-corrected chi connectivity index (χ3v) is 5.53. The van der Waals surface area contributed by atoms with Gasteiger partial charge in [-0.3, -0.25) is 9.59 Å². The number of carbonyl (C=O) groups excluding carboxylic acids is 1. The summed E-state index contributed by atoms with van der Waals surface area (Å²) >= 11 is 0. The van der Waals surface area contributed by atoms with E-state index in [9.17, 15) is 23.6 Å². The minimum absolute atomic E-state index is 0.0208. The SMILES string of the molecule is COCCCC(=O)Cn1nc(Cc2nc3cc(OCC(F)F)c(C#N)cc3[nH]2)c2ccccc2c1=O. The summed E-state index contributed by atoms with van der Waals surface area (Å²) in [5, 5.41) is 14.9. The fraction of sp³-hybridized carbons (Fsp3) is 0.320. The number of methoxy groups -OCH3 is 1. The van der Waals surface area contributed by atoms with E-state index in [-0.39, 0.29) is 42.0 Å². The smallest absolute Gasteiger partial charge is 0.275 e. The maximum absolute atomic E-state index is 13.0. The summed E-state index contributed by atoms with van der Waals surface area (Å²) in [5.41, 5.74) is 1.22. The van der Waals surface area contributed by atoms with E-state index in [1.54, 1.807) is 31.4 Å². The summed E-state index contributed by atoms with van der Waals surface area (Å²) < 4.78 is 36.4. The fourth-order valence-corrected chi connectivity index (χ4v) is 3.90. The molecule has 0 radical (unpaired) electrons. The van der Waals surface area contributed by atoms with Crippen LogP contribution in [0.15, 0.2) is 41.2 Å². The third kappa shape index (κ3) is 5.55. The van der Waals surface area contributed by atoms with E-state index in [4.69, 9.17) is 9.47 Å². The highest BCUT2D eigenvalue weighted by Crippen LogP contribution is 2.26. The van der Waals surface area contributed by atoms with Crippen LogP contribution in [0.4, 0.5) is 8.78 Å². The maximum Gasteiger partial charge on any atom is 0.275 e. The number of H-pyrrole nitrogens is 1. The first-order valence-electron chi connectivity index (χ1n) is 11.2. The number of nitrogens with zero attached hydrogens (tertiary/aromatic N) is 4. The Morgan fingerprint density at radius 2 is 2.03 bits per heavy atom. The van der Waals surface area contributed by atoms with Gasteiger partial charge in [0.05, 0.1) is 34.1 Å². The Bertz CT molecular complexity index is 1510. The Labute approximate surface area is 204 Å². The number of ether oxygens (including phenoxy) is 2. The van der Waals surface area contributed by atoms with Gasteiger partial charge < -0.3 is 14.5 Å². The lowest BCUT2D eigenvalue weighted by Crippen LogP contribution is -2.28. The Morgan fingerprint density at radius 1 is 1.25 bits per heavy atom. The first kappa shape index (κ1) is 24.9. The van der Waals surface area contributed by atoms with Crippen LogP contribution in [0.3, 0.4) is 0 Å². The first-order chi connectivity index (χ1) is 17.4. The van der Waals surface area contributed by atoms with E-state index in [0.29, 0.717) is 46.4 Å². The van der Waals surface area contributed by atoms with Crippen molar-refractivity contribution in [2.75, 3.05) is 20.3 Å². The maximum atomic E-state index is 13.0. The van der Waals surface area contributed by atoms with Crippen LogP contribution in [0.5, 0.6) is 5.75 Å². The van der Waals surface area contributed by atoms with Crippen molar-refractivity contribution in [2.24, 2.45) is 0 Å². The molecule has 0 amide bonds. The Morgan fingerprint density at radius 3 is 2.75 bits per heavy atom. The molecule has 11 heteroatoms. The molecule has 4 aromatic rings. The average molecular weight is 495 g/mol. The van der Waals surface area contributed by atoms with Gasteiger partial charge in [0, 0.05) is 31.6 Å². The highest BCUT2D eigenvalue weighted by molar-refractivity contribution is 5.85. The summed E-state index contributed by atoms with van der Waals surface area (Å²) in [6, 6.07) is 11.8. The number of nitriles is 1. The van der Waals surface area contributed by atoms with Gasteiger partial charge in [-0.25, -0.2) is 18.4 Å². The van der Waals surface area contributed by atoms with Gasteiger partial charge in [0.15, 0.2) is 5.78 Å². The molecule has 9 nitrogen and oxygen atoms in total. The van der Waals surface area contributed by atoms with E-state index in [0.717, 1.165) is 0 Å². The number of halogens is 2. The van der Waals surface area contributed by atoms with Crippen LogP contribution >= 0.6 is 0 Å². The van der Waals surface area contributed by atoms with Crippen molar-refractivity contribution in [1.29, 1.82) is 5.26 Å². The predicted molar refractivity (Wildman–Crippen MR) is 127 cm³/mol. The van der Waals surface area contributed by atoms with Gasteiger partial charge in [-0.1, -0.05) is 18.2 Å². The van der Waals surface area contributed by atoms with Gasteiger partial charge in [0.2, 0.25) is 0 Å². The molecule has 0 aliphatic heterocycles. The molecule has 0 bridgehead atoms. The normalized spacial score (nSPS) is 11.3. The van der Waals surface area contributed by atoms with Crippen LogP contribution in [-0.2, 0) is 22.5 Å². The lowest BCUT2D eigenvalue weighted by atomic mass is 10.1. The molecule has 0 saturated carbocycles. The van der Waals surface area contributed by atoms with Crippen LogP contribution in [-0.4, -0.2) is 52.3 Å². The number of nitrogens with one attached hydrogen (secondary N) is 1. The molecule has 1 N–H and O–H groups in total. The fourth-order valence-electron chi connectivity index (χ4n) is 3.90. The minimum atomic E-state index is -2.68. The monoisotopic (exact) mass is 495 g/mol. The lowest BCUT2D eigenvalue weighted by molar-refractivity contribution is -0.120. The standard InChI is InChI=1S/C25H23F2N5O4/c1-35-8-4-5-16(33)13-32-25(34)18-7-3-2-6-17(18)19(31-32)11-24-29-20-9-15(12-28)22(10-21(20)30-24)36-14-23(26)27/h2-3,6-7,9-10,23H,4-5,8,11,13-14H2,1H3,(H,29,30). The number of hydrogen-bond donors (Lipinski definition) is 1. The van der Waals surface area contributed by atoms with E-state index in [2.05, 4.69) is 15.1 Å². The van der Waals surface area contributed by atoms with E-state index < -0.39 is 13.0 Å². The molecular formula is C25H23F2N5O4. The number of ketones is 1. The number of imidazole rings is 1. The molecule has 0 atom stereocenters. The molecule has 0 saturated heterocycles. The molecule has 186 valence electrons. The summed E-state index contributed by atoms with van der Waals surface area (Å²) in [6.07, 6.45) is -1.66. The first-order valence-corrected chi connectivity index (χ1v) is 11.2. The molecule has 0 aliphatic rings. The van der Waals surface area contributed by atoms with Crippen LogP contribution < -0.4 is 10.3 Å². The minimum Gasteiger partial charge on any atom is -0.486 e. The van der Waals surface area contributed by atoms with Gasteiger partial charge in [-0.05, 0) is 18.6 Å². The molecule has 0 aliphatic carbocycles. The Balaban J connectivity index is 1.68. The molecule has 2 aromatic heterocycles. The Kier molecular flexibility index (Phi) is 7.65. The molecule has 0 unspecified atom stereocenters. The second-order valence-corrected chi connectivity index (χ2v) is 8.13. The zero-order valence-corrected chi connectivity index (χ0v) is 19.5. The lowest BCUT2D eigenvalue weighted by Gasteiger charge is -2.10. The molecule has 0 spiro atoms. The molecule has 0 fully saturated rings. The number of Topliss-reactive ketones (excluding diaryl/α,β-unsaturated/α-hetero) is 1. The quantitative estimate of drug-likeness (QED) is 0.317. The largest absolute Gasteiger partial charge is 0.486 e. The number of alkyl halides is 2. The number of aromatic nitrogens is 4. The Hall–Kier alpha value is -4.17. The van der Waals surface area contributed by atoms with Crippen molar-refractivity contribution in [1.82, 2.24) is 19.7 Å². The zero-order chi connectivity index (χ0) is 25.7. The molecular weight excluding hydrogens is 472 g/mol. The number of aromatic amines is 1. The van der Waals surface area contributed by atoms with E-state index in [1.807, 2.05) is 6.07 Å². The average Bonchev–Trinajstić information content (AvgIpc) is 3.26. The second kappa shape index (κ2) is 11.0. The van der Waals surface area contributed by atoms with Gasteiger partial charge >= 0.3 is 0 Å². The number of carbonyl (C=O) groups is 1. The summed E-state index contributed by atoms with van der Waals surface area (Å²) in [5.74, 6) is 0.369. The van der Waals surface area contributed by atoms with Gasteiger partial charge in [0.25, 0.3) is 12.0 Å². The van der Waals surface area contributed by atoms with Crippen molar-refractivity contribution >= 4 is 27.6 Å². The van der Waals surface area contributed by atoms with Gasteiger partial charge in [0.1, 0.15) is 30.8 Å². The van der Waals surface area contributed by atoms with E-state index in [1.165, 1.54) is 16.8 Å². The molecule has 2 aromatic carbocycles. The zero-order valence-electron chi connectivity index (χ0n) is 19.5. The van der Waals surface area contributed by atoms with Crippen LogP contribution in [0.2, 0.25) is 0 Å². The second-order valence-electron chi connectivity index (χ2n) is 8.13. The van der Waals surface area contributed by atoms with Crippen molar-refractivity contribution in [3.63, 3.8) is 0 Å². The van der Waals surface area contributed by atoms with Crippen molar-refractivity contribution in [3.8, 4) is 11.8 Å². The van der Waals surface area contributed by atoms with Gasteiger partial charge in [-0.2, -0.15) is 10.4 Å². The van der Waals surface area contributed by atoms with Gasteiger partial charge in [-0.15, -0.1) is 0 Å². The predicted octanol–water partition coefficient (Wildman–Crippen LogP) is 3.37. The number of hydrogen-bond acceptors (Lipinski definition) is 7. The topological polar surface area (TPSA) is 123 Å². The van der Waals surface area contributed by atoms with E-state index >= 15 is 0 Å². The van der Waals surface area contributed by atoms with Crippen molar-refractivity contribution in [2.45, 2.75) is 32.2 Å². The van der Waals surface area contributed by atoms with Crippen LogP contribution in [0, 0.1) is 11.3 Å². The molecule has 36 heavy (non-hydrogen) atoms. The van der Waals surface area contributed by atoms with Crippen molar-refractivity contribution in [3.05, 3.63) is 63.8 Å². The number of rotatable bonds is 11. The molecule has 4 rings (SSSR count). The molecule has 2 heterocycles. The van der Waals surface area contributed by atoms with Crippen LogP contribution in [0.25, 0.3) is 21.8 Å². The summed E-state index contributed by atoms with van der Waals surface area (Å²) in [4.78, 5) is 33.0. The third-order valence-electron chi connectivity index (χ3n) is 5.53. The summed E-state index contributed by atoms with van der Waals surface area (Å²) in [7, 11) is 1.56.